The highest BCUT2D eigenvalue weighted by Crippen LogP contribution is 1.81. The molecule has 0 spiro atoms. The third kappa shape index (κ3) is 5.90. The fraction of sp³-hybridized carbons (Fsp3) is 0.556. The molecule has 0 aliphatic heterocycles. The molecule has 0 amide bonds. The number of aliphatic carboxylic acids is 1. The molecule has 1 aromatic heterocycles. The van der Waals surface area contributed by atoms with Crippen LogP contribution in [-0.2, 0) is 17.9 Å². The van der Waals surface area contributed by atoms with Crippen LogP contribution in [0, 0.1) is 0 Å². The Morgan fingerprint density at radius 1 is 1.54 bits per heavy atom. The zero-order chi connectivity index (χ0) is 10.3. The van der Waals surface area contributed by atoms with Gasteiger partial charge in [0.2, 0.25) is 6.33 Å². The lowest BCUT2D eigenvalue weighted by Crippen LogP contribution is -2.28. The van der Waals surface area contributed by atoms with Crippen LogP contribution in [0.4, 0.5) is 0 Å². The molecule has 1 heterocycles. The molecule has 1 rings (SSSR count). The molecule has 0 bridgehead atoms. The molecule has 0 N–H and O–H groups in total. The molecule has 0 fully saturated rings. The minimum absolute atomic E-state index is 0.972. The van der Waals surface area contributed by atoms with E-state index in [0.717, 1.165) is 20.0 Å². The third-order valence-electron chi connectivity index (χ3n) is 1.48. The van der Waals surface area contributed by atoms with Gasteiger partial charge in [-0.1, -0.05) is 0 Å². The van der Waals surface area contributed by atoms with Crippen molar-refractivity contribution in [3.8, 4) is 0 Å². The molecule has 74 valence electrons. The average Bonchev–Trinajstić information content (AvgIpc) is 2.50. The van der Waals surface area contributed by atoms with Crippen molar-refractivity contribution in [1.82, 2.24) is 4.57 Å². The Morgan fingerprint density at radius 3 is 2.31 bits per heavy atom. The monoisotopic (exact) mass is 184 g/mol. The molecule has 4 nitrogen and oxygen atoms in total. The smallest absolute Gasteiger partial charge is 0.243 e. The van der Waals surface area contributed by atoms with E-state index in [1.165, 1.54) is 0 Å². The minimum atomic E-state index is -1.08. The second-order valence-corrected chi connectivity index (χ2v) is 2.57. The third-order valence-corrected chi connectivity index (χ3v) is 1.48. The molecule has 1 aromatic rings. The Labute approximate surface area is 78.4 Å². The Hall–Kier alpha value is -1.32. The number of aromatic nitrogens is 2. The van der Waals surface area contributed by atoms with E-state index in [9.17, 15) is 0 Å². The molecule has 0 radical (unpaired) electrons. The maximum absolute atomic E-state index is 8.89. The Balaban J connectivity index is 0.000000310. The van der Waals surface area contributed by atoms with E-state index in [0.29, 0.717) is 0 Å². The van der Waals surface area contributed by atoms with Gasteiger partial charge in [-0.25, -0.2) is 9.13 Å². The molecule has 13 heavy (non-hydrogen) atoms. The minimum Gasteiger partial charge on any atom is -0.550 e. The highest BCUT2D eigenvalue weighted by atomic mass is 16.4. The first kappa shape index (κ1) is 11.7. The normalized spacial score (nSPS) is 8.85. The highest BCUT2D eigenvalue weighted by molar-refractivity contribution is 5.60. The number of imidazole rings is 1. The maximum atomic E-state index is 8.89. The summed E-state index contributed by atoms with van der Waals surface area (Å²) in [5.41, 5.74) is 0. The van der Waals surface area contributed by atoms with Crippen molar-refractivity contribution < 1.29 is 14.5 Å². The number of nitrogens with zero attached hydrogens (tertiary/aromatic N) is 2. The van der Waals surface area contributed by atoms with Crippen LogP contribution in [0.3, 0.4) is 0 Å². The largest absolute Gasteiger partial charge is 0.550 e. The number of aryl methyl sites for hydroxylation is 2. The van der Waals surface area contributed by atoms with Crippen molar-refractivity contribution in [1.29, 1.82) is 0 Å². The fourth-order valence-corrected chi connectivity index (χ4v) is 0.813. The van der Waals surface area contributed by atoms with Crippen molar-refractivity contribution in [2.24, 2.45) is 0 Å². The average molecular weight is 184 g/mol. The molecule has 0 atom stereocenters. The van der Waals surface area contributed by atoms with Gasteiger partial charge in [0.1, 0.15) is 12.4 Å². The second-order valence-electron chi connectivity index (χ2n) is 2.57. The van der Waals surface area contributed by atoms with Crippen LogP contribution >= 0.6 is 0 Å². The van der Waals surface area contributed by atoms with Gasteiger partial charge in [-0.2, -0.15) is 0 Å². The van der Waals surface area contributed by atoms with E-state index in [-0.39, 0.29) is 0 Å². The number of carboxylic acid groups (broad SMARTS) is 1. The summed E-state index contributed by atoms with van der Waals surface area (Å²) in [6.45, 7) is 7.38. The van der Waals surface area contributed by atoms with Gasteiger partial charge < -0.3 is 9.90 Å². The van der Waals surface area contributed by atoms with E-state index in [1.54, 1.807) is 0 Å². The molecule has 0 unspecified atom stereocenters. The summed E-state index contributed by atoms with van der Waals surface area (Å²) in [7, 11) is 0. The summed E-state index contributed by atoms with van der Waals surface area (Å²) in [6.07, 6.45) is 6.28. The summed E-state index contributed by atoms with van der Waals surface area (Å²) >= 11 is 0. The van der Waals surface area contributed by atoms with Gasteiger partial charge in [0.25, 0.3) is 0 Å². The van der Waals surface area contributed by atoms with Gasteiger partial charge in [0.05, 0.1) is 13.1 Å². The first-order chi connectivity index (χ1) is 6.10. The second kappa shape index (κ2) is 6.22. The van der Waals surface area contributed by atoms with Crippen molar-refractivity contribution in [3.63, 3.8) is 0 Å². The summed E-state index contributed by atoms with van der Waals surface area (Å²) in [5, 5.41) is 8.89. The van der Waals surface area contributed by atoms with Crippen LogP contribution in [0.25, 0.3) is 0 Å². The van der Waals surface area contributed by atoms with E-state index >= 15 is 0 Å². The number of carbonyl (C=O) groups is 1. The van der Waals surface area contributed by atoms with Crippen LogP contribution in [0.1, 0.15) is 20.8 Å². The zero-order valence-corrected chi connectivity index (χ0v) is 8.36. The fourth-order valence-electron chi connectivity index (χ4n) is 0.813. The lowest BCUT2D eigenvalue weighted by atomic mass is 10.7. The van der Waals surface area contributed by atoms with E-state index in [1.807, 2.05) is 0 Å². The summed E-state index contributed by atoms with van der Waals surface area (Å²) in [6, 6.07) is 0. The molecule has 0 saturated carbocycles. The van der Waals surface area contributed by atoms with E-state index in [2.05, 4.69) is 41.7 Å². The molecule has 0 saturated heterocycles. The number of rotatable bonds is 2. The number of carbonyl (C=O) groups excluding carboxylic acids is 1. The van der Waals surface area contributed by atoms with Crippen LogP contribution < -0.4 is 9.67 Å². The molecule has 0 aromatic carbocycles. The van der Waals surface area contributed by atoms with Crippen LogP contribution in [0.5, 0.6) is 0 Å². The number of hydrogen-bond acceptors (Lipinski definition) is 2. The first-order valence-electron chi connectivity index (χ1n) is 4.32. The lowest BCUT2D eigenvalue weighted by Gasteiger charge is -1.84. The van der Waals surface area contributed by atoms with Crippen LogP contribution in [0.2, 0.25) is 0 Å². The lowest BCUT2D eigenvalue weighted by molar-refractivity contribution is -0.693. The van der Waals surface area contributed by atoms with Gasteiger partial charge in [0, 0.05) is 5.97 Å². The molecule has 0 aliphatic rings. The number of hydrogen-bond donors (Lipinski definition) is 0. The van der Waals surface area contributed by atoms with Crippen molar-refractivity contribution in [2.45, 2.75) is 33.9 Å². The molecule has 0 aliphatic carbocycles. The molecular formula is C9H16N2O2. The summed E-state index contributed by atoms with van der Waals surface area (Å²) < 4.78 is 4.31. The SMILES string of the molecule is CC(=O)[O-].CCn1cc[n+](CC)c1. The standard InChI is InChI=1S/C7H13N2.C2H4O2/c1-3-8-5-6-9(4-2)7-8;1-2(3)4/h5-7H,3-4H2,1-2H3;1H3,(H,3,4)/q+1;/p-1. The zero-order valence-electron chi connectivity index (χ0n) is 8.36. The maximum Gasteiger partial charge on any atom is 0.243 e. The Kier molecular flexibility index (Phi) is 5.59. The van der Waals surface area contributed by atoms with Crippen molar-refractivity contribution in [2.75, 3.05) is 0 Å². The Bertz CT molecular complexity index is 233. The van der Waals surface area contributed by atoms with E-state index in [4.69, 9.17) is 9.90 Å². The summed E-state index contributed by atoms with van der Waals surface area (Å²) in [5.74, 6) is -1.08. The van der Waals surface area contributed by atoms with Gasteiger partial charge in [-0.3, -0.25) is 0 Å². The van der Waals surface area contributed by atoms with Gasteiger partial charge >= 0.3 is 0 Å². The quantitative estimate of drug-likeness (QED) is 0.586. The molecular weight excluding hydrogens is 168 g/mol. The van der Waals surface area contributed by atoms with Crippen LogP contribution in [0.15, 0.2) is 18.7 Å². The first-order valence-corrected chi connectivity index (χ1v) is 4.32. The molecule has 4 heteroatoms. The predicted molar refractivity (Wildman–Crippen MR) is 46.7 cm³/mol. The topological polar surface area (TPSA) is 48.9 Å². The van der Waals surface area contributed by atoms with Crippen LogP contribution in [-0.4, -0.2) is 10.5 Å². The predicted octanol–water partition coefficient (Wildman–Crippen LogP) is -0.428. The Morgan fingerprint density at radius 2 is 2.08 bits per heavy atom. The van der Waals surface area contributed by atoms with E-state index < -0.39 is 5.97 Å². The summed E-state index contributed by atoms with van der Waals surface area (Å²) in [4.78, 5) is 8.89. The number of carboxylic acids is 1. The van der Waals surface area contributed by atoms with Crippen molar-refractivity contribution in [3.05, 3.63) is 18.7 Å². The van der Waals surface area contributed by atoms with Gasteiger partial charge in [0.15, 0.2) is 0 Å². The van der Waals surface area contributed by atoms with Gasteiger partial charge in [-0.05, 0) is 20.8 Å². The van der Waals surface area contributed by atoms with Crippen molar-refractivity contribution >= 4 is 5.97 Å². The highest BCUT2D eigenvalue weighted by Gasteiger charge is 1.95. The van der Waals surface area contributed by atoms with Gasteiger partial charge in [-0.15, -0.1) is 0 Å².